The second-order valence-electron chi connectivity index (χ2n) is 6.44. The molecule has 6 nitrogen and oxygen atoms in total. The maximum Gasteiger partial charge on any atom is 0.374 e. The van der Waals surface area contributed by atoms with E-state index in [2.05, 4.69) is 11.4 Å². The normalized spacial score (nSPS) is 12.3. The van der Waals surface area contributed by atoms with E-state index >= 15 is 0 Å². The van der Waals surface area contributed by atoms with Crippen LogP contribution in [0.25, 0.3) is 11.3 Å². The van der Waals surface area contributed by atoms with Crippen LogP contribution in [0, 0.1) is 11.3 Å². The van der Waals surface area contributed by atoms with Gasteiger partial charge in [0.05, 0.1) is 10.6 Å². The van der Waals surface area contributed by atoms with Gasteiger partial charge in [-0.15, -0.1) is 11.3 Å². The number of esters is 1. The van der Waals surface area contributed by atoms with Crippen molar-refractivity contribution in [2.75, 3.05) is 11.9 Å². The van der Waals surface area contributed by atoms with Crippen LogP contribution in [0.4, 0.5) is 5.00 Å². The van der Waals surface area contributed by atoms with Crippen LogP contribution in [0.15, 0.2) is 40.8 Å². The van der Waals surface area contributed by atoms with Gasteiger partial charge in [-0.05, 0) is 49.1 Å². The Balaban J connectivity index is 1.37. The second kappa shape index (κ2) is 8.11. The molecular formula is C21H15ClN2O4S. The molecule has 1 aliphatic rings. The largest absolute Gasteiger partial charge is 0.450 e. The zero-order valence-electron chi connectivity index (χ0n) is 15.2. The Labute approximate surface area is 175 Å². The number of benzene rings is 1. The first-order valence-electron chi connectivity index (χ1n) is 8.93. The molecule has 146 valence electrons. The summed E-state index contributed by atoms with van der Waals surface area (Å²) >= 11 is 7.54. The SMILES string of the molecule is N#Cc1c(NC(=O)COC(=O)c2ccc(-c3ccccc3Cl)o2)sc2c1CCC2. The standard InChI is InChI=1S/C21H15ClN2O4S/c22-15-6-2-1-4-13(15)16-8-9-17(28-16)21(26)27-11-19(25)24-20-14(10-23)12-5-3-7-18(12)29-20/h1-2,4,6,8-9H,3,5,7,11H2,(H,24,25). The summed E-state index contributed by atoms with van der Waals surface area (Å²) in [5.74, 6) is -0.861. The lowest BCUT2D eigenvalue weighted by atomic mass is 10.1. The molecule has 2 aromatic heterocycles. The maximum absolute atomic E-state index is 12.2. The van der Waals surface area contributed by atoms with Crippen molar-refractivity contribution in [3.63, 3.8) is 0 Å². The molecule has 0 saturated heterocycles. The quantitative estimate of drug-likeness (QED) is 0.590. The minimum absolute atomic E-state index is 0.0273. The summed E-state index contributed by atoms with van der Waals surface area (Å²) < 4.78 is 10.5. The first-order chi connectivity index (χ1) is 14.1. The van der Waals surface area contributed by atoms with Crippen molar-refractivity contribution in [1.82, 2.24) is 0 Å². The van der Waals surface area contributed by atoms with Gasteiger partial charge in [0.1, 0.15) is 16.8 Å². The van der Waals surface area contributed by atoms with Crippen molar-refractivity contribution < 1.29 is 18.7 Å². The number of hydrogen-bond acceptors (Lipinski definition) is 6. The average molecular weight is 427 g/mol. The van der Waals surface area contributed by atoms with E-state index in [4.69, 9.17) is 20.8 Å². The molecule has 1 aliphatic carbocycles. The Kier molecular flexibility index (Phi) is 5.38. The zero-order chi connectivity index (χ0) is 20.4. The number of furan rings is 1. The summed E-state index contributed by atoms with van der Waals surface area (Å²) in [4.78, 5) is 25.5. The number of fused-ring (bicyclic) bond motifs is 1. The Morgan fingerprint density at radius 2 is 2.07 bits per heavy atom. The van der Waals surface area contributed by atoms with Crippen LogP contribution in [0.1, 0.15) is 33.0 Å². The molecule has 0 saturated carbocycles. The predicted molar refractivity (Wildman–Crippen MR) is 109 cm³/mol. The fraction of sp³-hybridized carbons (Fsp3) is 0.190. The number of thiophene rings is 1. The van der Waals surface area contributed by atoms with E-state index in [0.717, 1.165) is 29.7 Å². The second-order valence-corrected chi connectivity index (χ2v) is 7.95. The molecular weight excluding hydrogens is 412 g/mol. The molecule has 0 aliphatic heterocycles. The lowest BCUT2D eigenvalue weighted by molar-refractivity contribution is -0.119. The van der Waals surface area contributed by atoms with Crippen molar-refractivity contribution in [2.45, 2.75) is 19.3 Å². The van der Waals surface area contributed by atoms with Gasteiger partial charge in [0.2, 0.25) is 5.76 Å². The number of carbonyl (C=O) groups excluding carboxylic acids is 2. The molecule has 0 unspecified atom stereocenters. The fourth-order valence-electron chi connectivity index (χ4n) is 3.23. The smallest absolute Gasteiger partial charge is 0.374 e. The molecule has 3 aromatic rings. The molecule has 4 rings (SSSR count). The Morgan fingerprint density at radius 1 is 1.24 bits per heavy atom. The Morgan fingerprint density at radius 3 is 2.86 bits per heavy atom. The number of hydrogen-bond donors (Lipinski definition) is 1. The van der Waals surface area contributed by atoms with Crippen LogP contribution < -0.4 is 5.32 Å². The molecule has 0 radical (unpaired) electrons. The fourth-order valence-corrected chi connectivity index (χ4v) is 4.71. The van der Waals surface area contributed by atoms with Crippen LogP contribution in [0.5, 0.6) is 0 Å². The number of anilines is 1. The van der Waals surface area contributed by atoms with Gasteiger partial charge in [-0.1, -0.05) is 23.7 Å². The lowest BCUT2D eigenvalue weighted by Gasteiger charge is -2.05. The van der Waals surface area contributed by atoms with Crippen LogP contribution >= 0.6 is 22.9 Å². The van der Waals surface area contributed by atoms with Gasteiger partial charge in [0.15, 0.2) is 6.61 Å². The van der Waals surface area contributed by atoms with Crippen molar-refractivity contribution >= 4 is 39.8 Å². The summed E-state index contributed by atoms with van der Waals surface area (Å²) in [6, 6.07) is 12.3. The van der Waals surface area contributed by atoms with Crippen LogP contribution in [-0.2, 0) is 22.4 Å². The van der Waals surface area contributed by atoms with E-state index in [1.165, 1.54) is 17.4 Å². The minimum Gasteiger partial charge on any atom is -0.450 e. The van der Waals surface area contributed by atoms with E-state index in [1.54, 1.807) is 24.3 Å². The highest BCUT2D eigenvalue weighted by Crippen LogP contribution is 2.38. The molecule has 1 N–H and O–H groups in total. The van der Waals surface area contributed by atoms with Gasteiger partial charge >= 0.3 is 5.97 Å². The first-order valence-corrected chi connectivity index (χ1v) is 10.1. The summed E-state index contributed by atoms with van der Waals surface area (Å²) in [7, 11) is 0. The maximum atomic E-state index is 12.2. The highest BCUT2D eigenvalue weighted by Gasteiger charge is 2.23. The number of carbonyl (C=O) groups is 2. The highest BCUT2D eigenvalue weighted by atomic mass is 35.5. The predicted octanol–water partition coefficient (Wildman–Crippen LogP) is 4.82. The van der Waals surface area contributed by atoms with Gasteiger partial charge in [-0.2, -0.15) is 5.26 Å². The number of amides is 1. The van der Waals surface area contributed by atoms with E-state index in [-0.39, 0.29) is 5.76 Å². The zero-order valence-corrected chi connectivity index (χ0v) is 16.7. The average Bonchev–Trinajstić information content (AvgIpc) is 3.42. The number of rotatable bonds is 5. The number of halogens is 1. The first kappa shape index (κ1) is 19.2. The van der Waals surface area contributed by atoms with E-state index in [0.29, 0.717) is 26.9 Å². The molecule has 0 fully saturated rings. The van der Waals surface area contributed by atoms with Crippen molar-refractivity contribution in [1.29, 1.82) is 5.26 Å². The molecule has 1 aromatic carbocycles. The van der Waals surface area contributed by atoms with Crippen molar-refractivity contribution in [3.8, 4) is 17.4 Å². The van der Waals surface area contributed by atoms with Crippen LogP contribution in [-0.4, -0.2) is 18.5 Å². The van der Waals surface area contributed by atoms with Crippen molar-refractivity contribution in [3.05, 3.63) is 63.2 Å². The Bertz CT molecular complexity index is 1140. The number of nitrogens with zero attached hydrogens (tertiary/aromatic N) is 1. The van der Waals surface area contributed by atoms with Gasteiger partial charge < -0.3 is 14.5 Å². The third-order valence-corrected chi connectivity index (χ3v) is 6.10. The Hall–Kier alpha value is -3.08. The van der Waals surface area contributed by atoms with Gasteiger partial charge in [-0.3, -0.25) is 4.79 Å². The van der Waals surface area contributed by atoms with Gasteiger partial charge in [0.25, 0.3) is 5.91 Å². The topological polar surface area (TPSA) is 92.3 Å². The lowest BCUT2D eigenvalue weighted by Crippen LogP contribution is -2.20. The molecule has 0 spiro atoms. The third kappa shape index (κ3) is 3.90. The molecule has 8 heteroatoms. The number of nitriles is 1. The van der Waals surface area contributed by atoms with Gasteiger partial charge in [-0.25, -0.2) is 4.79 Å². The van der Waals surface area contributed by atoms with Gasteiger partial charge in [0, 0.05) is 10.4 Å². The highest BCUT2D eigenvalue weighted by molar-refractivity contribution is 7.16. The molecule has 29 heavy (non-hydrogen) atoms. The number of ether oxygens (including phenoxy) is 1. The monoisotopic (exact) mass is 426 g/mol. The number of nitrogens with one attached hydrogen (secondary N) is 1. The summed E-state index contributed by atoms with van der Waals surface area (Å²) in [6.45, 7) is -0.478. The summed E-state index contributed by atoms with van der Waals surface area (Å²) in [6.07, 6.45) is 2.80. The van der Waals surface area contributed by atoms with Crippen LogP contribution in [0.2, 0.25) is 5.02 Å². The minimum atomic E-state index is -0.757. The third-order valence-electron chi connectivity index (χ3n) is 4.57. The number of aryl methyl sites for hydroxylation is 1. The molecule has 1 amide bonds. The molecule has 2 heterocycles. The summed E-state index contributed by atoms with van der Waals surface area (Å²) in [5.41, 5.74) is 2.19. The van der Waals surface area contributed by atoms with Crippen molar-refractivity contribution in [2.24, 2.45) is 0 Å². The van der Waals surface area contributed by atoms with Crippen LogP contribution in [0.3, 0.4) is 0 Å². The molecule has 0 bridgehead atoms. The van der Waals surface area contributed by atoms with E-state index in [9.17, 15) is 14.9 Å². The van der Waals surface area contributed by atoms with E-state index < -0.39 is 18.5 Å². The molecule has 0 atom stereocenters. The summed E-state index contributed by atoms with van der Waals surface area (Å²) in [5, 5.41) is 13.0. The van der Waals surface area contributed by atoms with E-state index in [1.807, 2.05) is 6.07 Å².